The molecule has 1 aromatic rings. The lowest BCUT2D eigenvalue weighted by Gasteiger charge is -2.21. The largest absolute Gasteiger partial charge is 0.368 e. The summed E-state index contributed by atoms with van der Waals surface area (Å²) in [5.74, 6) is 0.126. The first-order valence-corrected chi connectivity index (χ1v) is 8.23. The van der Waals surface area contributed by atoms with Gasteiger partial charge in [-0.05, 0) is 49.9 Å². The molecule has 2 aliphatic rings. The fourth-order valence-corrected chi connectivity index (χ4v) is 3.22. The Kier molecular flexibility index (Phi) is 4.13. The molecule has 1 aromatic carbocycles. The van der Waals surface area contributed by atoms with Crippen molar-refractivity contribution in [3.05, 3.63) is 29.3 Å². The summed E-state index contributed by atoms with van der Waals surface area (Å²) in [6.07, 6.45) is 2.27. The molecule has 0 N–H and O–H groups in total. The molecule has 1 saturated heterocycles. The number of hydrogen-bond acceptors (Lipinski definition) is 3. The van der Waals surface area contributed by atoms with Crippen LogP contribution in [0.3, 0.4) is 0 Å². The second kappa shape index (κ2) is 5.89. The van der Waals surface area contributed by atoms with E-state index in [9.17, 15) is 9.59 Å². The van der Waals surface area contributed by atoms with E-state index in [1.54, 1.807) is 11.0 Å². The van der Waals surface area contributed by atoms with Gasteiger partial charge in [0.1, 0.15) is 6.10 Å². The summed E-state index contributed by atoms with van der Waals surface area (Å²) in [4.78, 5) is 26.1. The van der Waals surface area contributed by atoms with E-state index in [1.165, 1.54) is 0 Å². The monoisotopic (exact) mass is 351 g/mol. The van der Waals surface area contributed by atoms with E-state index in [2.05, 4.69) is 15.9 Å². The summed E-state index contributed by atoms with van der Waals surface area (Å²) >= 11 is 3.31. The molecular weight excluding hydrogens is 334 g/mol. The highest BCUT2D eigenvalue weighted by Gasteiger charge is 2.33. The summed E-state index contributed by atoms with van der Waals surface area (Å²) in [7, 11) is 0. The standard InChI is InChI=1S/C16H18BrNO3/c1-10(17)15(19)12-4-5-13-11(9-12)6-7-18(13)16(20)14-3-2-8-21-14/h4-5,9-10,14H,2-3,6-8H2,1H3. The number of halogens is 1. The second-order valence-corrected chi connectivity index (χ2v) is 6.94. The van der Waals surface area contributed by atoms with Gasteiger partial charge in [0.15, 0.2) is 5.78 Å². The molecule has 4 nitrogen and oxygen atoms in total. The van der Waals surface area contributed by atoms with Crippen molar-refractivity contribution in [3.63, 3.8) is 0 Å². The van der Waals surface area contributed by atoms with Crippen molar-refractivity contribution in [3.8, 4) is 0 Å². The summed E-state index contributed by atoms with van der Waals surface area (Å²) in [5, 5.41) is 0. The highest BCUT2D eigenvalue weighted by molar-refractivity contribution is 9.10. The van der Waals surface area contributed by atoms with Crippen LogP contribution in [-0.4, -0.2) is 35.8 Å². The number of hydrogen-bond donors (Lipinski definition) is 0. The van der Waals surface area contributed by atoms with Crippen molar-refractivity contribution in [2.24, 2.45) is 0 Å². The number of carbonyl (C=O) groups excluding carboxylic acids is 2. The zero-order valence-electron chi connectivity index (χ0n) is 12.0. The molecule has 112 valence electrons. The quantitative estimate of drug-likeness (QED) is 0.621. The molecule has 21 heavy (non-hydrogen) atoms. The van der Waals surface area contributed by atoms with Crippen LogP contribution < -0.4 is 4.90 Å². The maximum absolute atomic E-state index is 12.5. The average Bonchev–Trinajstić information content (AvgIpc) is 3.14. The minimum absolute atomic E-state index is 0.0548. The molecule has 1 fully saturated rings. The van der Waals surface area contributed by atoms with Crippen LogP contribution in [0.15, 0.2) is 18.2 Å². The Morgan fingerprint density at radius 1 is 1.43 bits per heavy atom. The zero-order chi connectivity index (χ0) is 15.0. The van der Waals surface area contributed by atoms with E-state index in [1.807, 2.05) is 19.1 Å². The van der Waals surface area contributed by atoms with Crippen LogP contribution in [0, 0.1) is 0 Å². The fraction of sp³-hybridized carbons (Fsp3) is 0.500. The molecular formula is C16H18BrNO3. The lowest BCUT2D eigenvalue weighted by Crippen LogP contribution is -2.37. The van der Waals surface area contributed by atoms with Gasteiger partial charge >= 0.3 is 0 Å². The highest BCUT2D eigenvalue weighted by atomic mass is 79.9. The van der Waals surface area contributed by atoms with Crippen molar-refractivity contribution in [2.45, 2.75) is 37.1 Å². The van der Waals surface area contributed by atoms with Crippen molar-refractivity contribution in [2.75, 3.05) is 18.1 Å². The van der Waals surface area contributed by atoms with Gasteiger partial charge < -0.3 is 9.64 Å². The Morgan fingerprint density at radius 3 is 2.90 bits per heavy atom. The van der Waals surface area contributed by atoms with Gasteiger partial charge in [-0.3, -0.25) is 9.59 Å². The maximum atomic E-state index is 12.5. The molecule has 2 unspecified atom stereocenters. The number of rotatable bonds is 3. The zero-order valence-corrected chi connectivity index (χ0v) is 13.6. The molecule has 0 bridgehead atoms. The minimum atomic E-state index is -0.292. The molecule has 0 saturated carbocycles. The smallest absolute Gasteiger partial charge is 0.256 e. The van der Waals surface area contributed by atoms with Crippen LogP contribution in [0.1, 0.15) is 35.7 Å². The maximum Gasteiger partial charge on any atom is 0.256 e. The van der Waals surface area contributed by atoms with Crippen LogP contribution in [0.5, 0.6) is 0 Å². The Bertz CT molecular complexity index is 579. The summed E-state index contributed by atoms with van der Waals surface area (Å²) in [5.41, 5.74) is 2.69. The number of alkyl halides is 1. The number of ether oxygens (including phenoxy) is 1. The third-order valence-corrected chi connectivity index (χ3v) is 4.51. The number of Topliss-reactive ketones (excluding diaryl/α,β-unsaturated/α-hetero) is 1. The van der Waals surface area contributed by atoms with Crippen molar-refractivity contribution >= 4 is 33.3 Å². The number of fused-ring (bicyclic) bond motifs is 1. The number of amides is 1. The molecule has 2 atom stereocenters. The molecule has 0 spiro atoms. The van der Waals surface area contributed by atoms with Crippen LogP contribution in [0.4, 0.5) is 5.69 Å². The first-order chi connectivity index (χ1) is 10.1. The van der Waals surface area contributed by atoms with E-state index in [0.29, 0.717) is 18.7 Å². The van der Waals surface area contributed by atoms with E-state index in [-0.39, 0.29) is 22.6 Å². The first kappa shape index (κ1) is 14.7. The fourth-order valence-electron chi connectivity index (χ4n) is 2.96. The van der Waals surface area contributed by atoms with E-state index in [0.717, 1.165) is 30.5 Å². The van der Waals surface area contributed by atoms with Crippen molar-refractivity contribution in [1.29, 1.82) is 0 Å². The van der Waals surface area contributed by atoms with Gasteiger partial charge in [-0.25, -0.2) is 0 Å². The normalized spacial score (nSPS) is 22.2. The molecule has 1 amide bonds. The van der Waals surface area contributed by atoms with Gasteiger partial charge in [-0.15, -0.1) is 0 Å². The van der Waals surface area contributed by atoms with Gasteiger partial charge in [-0.2, -0.15) is 0 Å². The Labute approximate surface area is 132 Å². The molecule has 0 aromatic heterocycles. The van der Waals surface area contributed by atoms with Crippen LogP contribution >= 0.6 is 15.9 Å². The first-order valence-electron chi connectivity index (χ1n) is 7.32. The predicted molar refractivity (Wildman–Crippen MR) is 84.2 cm³/mol. The van der Waals surface area contributed by atoms with Gasteiger partial charge in [-0.1, -0.05) is 15.9 Å². The summed E-state index contributed by atoms with van der Waals surface area (Å²) in [6.45, 7) is 3.17. The van der Waals surface area contributed by atoms with E-state index >= 15 is 0 Å². The topological polar surface area (TPSA) is 46.6 Å². The number of anilines is 1. The van der Waals surface area contributed by atoms with Crippen LogP contribution in [0.25, 0.3) is 0 Å². The highest BCUT2D eigenvalue weighted by Crippen LogP contribution is 2.31. The Morgan fingerprint density at radius 2 is 2.24 bits per heavy atom. The van der Waals surface area contributed by atoms with Gasteiger partial charge in [0.2, 0.25) is 0 Å². The summed E-state index contributed by atoms with van der Waals surface area (Å²) in [6, 6.07) is 5.61. The number of benzene rings is 1. The Balaban J connectivity index is 1.83. The molecule has 3 rings (SSSR count). The molecule has 2 heterocycles. The molecule has 2 aliphatic heterocycles. The van der Waals surface area contributed by atoms with E-state index < -0.39 is 0 Å². The van der Waals surface area contributed by atoms with Gasteiger partial charge in [0.05, 0.1) is 4.83 Å². The summed E-state index contributed by atoms with van der Waals surface area (Å²) < 4.78 is 5.48. The Hall–Kier alpha value is -1.20. The molecule has 0 radical (unpaired) electrons. The minimum Gasteiger partial charge on any atom is -0.368 e. The second-order valence-electron chi connectivity index (χ2n) is 5.57. The van der Waals surface area contributed by atoms with Gasteiger partial charge in [0, 0.05) is 24.4 Å². The van der Waals surface area contributed by atoms with Crippen LogP contribution in [-0.2, 0) is 16.0 Å². The van der Waals surface area contributed by atoms with Crippen molar-refractivity contribution < 1.29 is 14.3 Å². The number of nitrogens with zero attached hydrogens (tertiary/aromatic N) is 1. The average molecular weight is 352 g/mol. The SMILES string of the molecule is CC(Br)C(=O)c1ccc2c(c1)CCN2C(=O)C1CCCO1. The van der Waals surface area contributed by atoms with E-state index in [4.69, 9.17) is 4.74 Å². The van der Waals surface area contributed by atoms with Gasteiger partial charge in [0.25, 0.3) is 5.91 Å². The van der Waals surface area contributed by atoms with Crippen molar-refractivity contribution in [1.82, 2.24) is 0 Å². The number of ketones is 1. The lowest BCUT2D eigenvalue weighted by molar-refractivity contribution is -0.127. The number of carbonyl (C=O) groups is 2. The van der Waals surface area contributed by atoms with Crippen LogP contribution in [0.2, 0.25) is 0 Å². The molecule has 5 heteroatoms. The third-order valence-electron chi connectivity index (χ3n) is 4.09. The lowest BCUT2D eigenvalue weighted by atomic mass is 10.0. The predicted octanol–water partition coefficient (Wildman–Crippen LogP) is 2.72. The molecule has 0 aliphatic carbocycles. The third kappa shape index (κ3) is 2.77.